The third-order valence-electron chi connectivity index (χ3n) is 4.72. The number of rotatable bonds is 4. The van der Waals surface area contributed by atoms with Crippen LogP contribution in [0.3, 0.4) is 0 Å². The Hall–Kier alpha value is -1.95. The number of hydrogen-bond acceptors (Lipinski definition) is 4. The number of amides is 2. The van der Waals surface area contributed by atoms with Crippen LogP contribution in [0.15, 0.2) is 18.3 Å². The van der Waals surface area contributed by atoms with Crippen LogP contribution in [0.1, 0.15) is 50.0 Å². The van der Waals surface area contributed by atoms with Crippen molar-refractivity contribution in [3.05, 3.63) is 23.9 Å². The number of aliphatic hydroxyl groups is 1. The summed E-state index contributed by atoms with van der Waals surface area (Å²) in [6.45, 7) is 0.472. The zero-order valence-electron chi connectivity index (χ0n) is 13.2. The summed E-state index contributed by atoms with van der Waals surface area (Å²) in [4.78, 5) is 29.8. The van der Waals surface area contributed by atoms with Crippen LogP contribution in [-0.4, -0.2) is 46.0 Å². The number of pyridine rings is 1. The van der Waals surface area contributed by atoms with Crippen molar-refractivity contribution in [2.24, 2.45) is 0 Å². The molecule has 1 aliphatic heterocycles. The van der Waals surface area contributed by atoms with Gasteiger partial charge in [-0.15, -0.1) is 0 Å². The number of aliphatic hydroxyl groups excluding tert-OH is 1. The Morgan fingerprint density at radius 1 is 1.26 bits per heavy atom. The molecule has 1 aliphatic carbocycles. The average molecular weight is 317 g/mol. The summed E-state index contributed by atoms with van der Waals surface area (Å²) in [6, 6.07) is 3.82. The van der Waals surface area contributed by atoms with Crippen molar-refractivity contribution in [1.82, 2.24) is 9.88 Å². The normalized spacial score (nSPS) is 22.4. The van der Waals surface area contributed by atoms with Gasteiger partial charge in [-0.25, -0.2) is 4.98 Å². The lowest BCUT2D eigenvalue weighted by atomic mass is 9.81. The zero-order chi connectivity index (χ0) is 16.2. The molecule has 2 heterocycles. The second-order valence-corrected chi connectivity index (χ2v) is 6.42. The number of anilines is 1. The minimum atomic E-state index is -0.981. The number of nitrogens with zero attached hydrogens (tertiary/aromatic N) is 2. The van der Waals surface area contributed by atoms with Crippen molar-refractivity contribution < 1.29 is 14.7 Å². The van der Waals surface area contributed by atoms with E-state index in [0.29, 0.717) is 24.7 Å². The fourth-order valence-electron chi connectivity index (χ4n) is 3.06. The first kappa shape index (κ1) is 15.9. The van der Waals surface area contributed by atoms with Crippen LogP contribution in [0.4, 0.5) is 5.82 Å². The van der Waals surface area contributed by atoms with Crippen LogP contribution >= 0.6 is 0 Å². The lowest BCUT2D eigenvalue weighted by molar-refractivity contribution is -0.141. The van der Waals surface area contributed by atoms with E-state index in [9.17, 15) is 14.7 Å². The van der Waals surface area contributed by atoms with Crippen LogP contribution in [0.5, 0.6) is 0 Å². The third-order valence-corrected chi connectivity index (χ3v) is 4.72. The number of likely N-dealkylation sites (tertiary alicyclic amines) is 1. The first-order chi connectivity index (χ1) is 11.1. The molecule has 1 unspecified atom stereocenters. The largest absolute Gasteiger partial charge is 0.383 e. The van der Waals surface area contributed by atoms with Crippen molar-refractivity contribution in [2.45, 2.75) is 50.5 Å². The van der Waals surface area contributed by atoms with E-state index in [1.807, 2.05) is 18.3 Å². The van der Waals surface area contributed by atoms with E-state index in [1.54, 1.807) is 0 Å². The van der Waals surface area contributed by atoms with Gasteiger partial charge in [0.25, 0.3) is 5.91 Å². The number of carbonyl (C=O) groups excluding carboxylic acids is 2. The Morgan fingerprint density at radius 3 is 2.74 bits per heavy atom. The Labute approximate surface area is 135 Å². The molecular formula is C17H23N3O3. The van der Waals surface area contributed by atoms with E-state index in [0.717, 1.165) is 12.8 Å². The van der Waals surface area contributed by atoms with Crippen LogP contribution in [-0.2, 0) is 9.59 Å². The predicted molar refractivity (Wildman–Crippen MR) is 85.9 cm³/mol. The summed E-state index contributed by atoms with van der Waals surface area (Å²) in [5, 5.41) is 12.4. The molecule has 2 N–H and O–H groups in total. The minimum Gasteiger partial charge on any atom is -0.383 e. The molecule has 1 aromatic heterocycles. The standard InChI is InChI=1S/C17H23N3O3/c21-14-6-1-2-9-20(17(14)23)11-16(22)19-15-8-7-13(10-18-15)12-4-3-5-12/h7-8,10,12,14,21H,1-6,9,11H2,(H,18,19,22). The van der Waals surface area contributed by atoms with Gasteiger partial charge in [0.15, 0.2) is 0 Å². The predicted octanol–water partition coefficient (Wildman–Crippen LogP) is 1.66. The molecular weight excluding hydrogens is 294 g/mol. The Balaban J connectivity index is 1.54. The molecule has 1 saturated heterocycles. The van der Waals surface area contributed by atoms with Crippen molar-refractivity contribution in [3.63, 3.8) is 0 Å². The quantitative estimate of drug-likeness (QED) is 0.885. The number of aromatic nitrogens is 1. The number of hydrogen-bond donors (Lipinski definition) is 2. The first-order valence-electron chi connectivity index (χ1n) is 8.36. The Morgan fingerprint density at radius 2 is 2.09 bits per heavy atom. The maximum absolute atomic E-state index is 12.1. The second kappa shape index (κ2) is 7.08. The van der Waals surface area contributed by atoms with Crippen molar-refractivity contribution in [2.75, 3.05) is 18.4 Å². The third kappa shape index (κ3) is 3.88. The van der Waals surface area contributed by atoms with E-state index in [4.69, 9.17) is 0 Å². The molecule has 0 aromatic carbocycles. The summed E-state index contributed by atoms with van der Waals surface area (Å²) in [5.41, 5.74) is 1.22. The first-order valence-corrected chi connectivity index (χ1v) is 8.36. The van der Waals surface area contributed by atoms with Gasteiger partial charge in [-0.3, -0.25) is 9.59 Å². The highest BCUT2D eigenvalue weighted by Crippen LogP contribution is 2.35. The maximum Gasteiger partial charge on any atom is 0.251 e. The number of nitrogens with one attached hydrogen (secondary N) is 1. The Bertz CT molecular complexity index is 569. The highest BCUT2D eigenvalue weighted by molar-refractivity contribution is 5.94. The fraction of sp³-hybridized carbons (Fsp3) is 0.588. The molecule has 2 amide bonds. The summed E-state index contributed by atoms with van der Waals surface area (Å²) in [7, 11) is 0. The molecule has 1 aromatic rings. The van der Waals surface area contributed by atoms with Gasteiger partial charge in [-0.1, -0.05) is 12.5 Å². The molecule has 2 aliphatic rings. The summed E-state index contributed by atoms with van der Waals surface area (Å²) < 4.78 is 0. The molecule has 0 bridgehead atoms. The average Bonchev–Trinajstić information content (AvgIpc) is 2.63. The van der Waals surface area contributed by atoms with Crippen molar-refractivity contribution in [1.29, 1.82) is 0 Å². The van der Waals surface area contributed by atoms with Crippen molar-refractivity contribution >= 4 is 17.6 Å². The molecule has 1 atom stereocenters. The van der Waals surface area contributed by atoms with E-state index in [-0.39, 0.29) is 18.4 Å². The van der Waals surface area contributed by atoms with Crippen LogP contribution < -0.4 is 5.32 Å². The Kier molecular flexibility index (Phi) is 4.91. The van der Waals surface area contributed by atoms with Crippen LogP contribution in [0.2, 0.25) is 0 Å². The topological polar surface area (TPSA) is 82.5 Å². The SMILES string of the molecule is O=C(CN1CCCCC(O)C1=O)Nc1ccc(C2CCC2)cn1. The van der Waals surface area contributed by atoms with Crippen molar-refractivity contribution in [3.8, 4) is 0 Å². The highest BCUT2D eigenvalue weighted by Gasteiger charge is 2.26. The smallest absolute Gasteiger partial charge is 0.251 e. The van der Waals surface area contributed by atoms with E-state index in [1.165, 1.54) is 29.7 Å². The van der Waals surface area contributed by atoms with Crippen LogP contribution in [0.25, 0.3) is 0 Å². The summed E-state index contributed by atoms with van der Waals surface area (Å²) in [5.74, 6) is 0.478. The lowest BCUT2D eigenvalue weighted by Gasteiger charge is -2.25. The molecule has 0 radical (unpaired) electrons. The molecule has 0 spiro atoms. The lowest BCUT2D eigenvalue weighted by Crippen LogP contribution is -2.42. The van der Waals surface area contributed by atoms with Gasteiger partial charge in [-0.2, -0.15) is 0 Å². The maximum atomic E-state index is 12.1. The molecule has 23 heavy (non-hydrogen) atoms. The van der Waals surface area contributed by atoms with Gasteiger partial charge in [0, 0.05) is 12.7 Å². The van der Waals surface area contributed by atoms with Gasteiger partial charge in [0.05, 0.1) is 6.54 Å². The molecule has 3 rings (SSSR count). The minimum absolute atomic E-state index is 0.0397. The van der Waals surface area contributed by atoms with Gasteiger partial charge in [-0.05, 0) is 49.7 Å². The molecule has 6 heteroatoms. The highest BCUT2D eigenvalue weighted by atomic mass is 16.3. The van der Waals surface area contributed by atoms with Crippen LogP contribution in [0, 0.1) is 0 Å². The van der Waals surface area contributed by atoms with E-state index >= 15 is 0 Å². The molecule has 124 valence electrons. The van der Waals surface area contributed by atoms with Gasteiger partial charge in [0.1, 0.15) is 11.9 Å². The second-order valence-electron chi connectivity index (χ2n) is 6.42. The van der Waals surface area contributed by atoms with Gasteiger partial charge < -0.3 is 15.3 Å². The zero-order valence-corrected chi connectivity index (χ0v) is 13.2. The van der Waals surface area contributed by atoms with E-state index in [2.05, 4.69) is 10.3 Å². The molecule has 2 fully saturated rings. The summed E-state index contributed by atoms with van der Waals surface area (Å²) >= 11 is 0. The summed E-state index contributed by atoms with van der Waals surface area (Å²) in [6.07, 6.45) is 6.63. The van der Waals surface area contributed by atoms with E-state index < -0.39 is 6.10 Å². The van der Waals surface area contributed by atoms with Gasteiger partial charge in [0.2, 0.25) is 5.91 Å². The molecule has 6 nitrogen and oxygen atoms in total. The molecule has 1 saturated carbocycles. The number of carbonyl (C=O) groups is 2. The fourth-order valence-corrected chi connectivity index (χ4v) is 3.06. The monoisotopic (exact) mass is 317 g/mol. The van der Waals surface area contributed by atoms with Gasteiger partial charge >= 0.3 is 0 Å².